The van der Waals surface area contributed by atoms with Gasteiger partial charge < -0.3 is 9.84 Å². The predicted octanol–water partition coefficient (Wildman–Crippen LogP) is 2.02. The molecule has 2 rings (SSSR count). The molecule has 1 heterocycles. The summed E-state index contributed by atoms with van der Waals surface area (Å²) in [6.07, 6.45) is 0.491. The second-order valence-electron chi connectivity index (χ2n) is 4.05. The maximum atomic E-state index is 11.8. The first kappa shape index (κ1) is 13.5. The highest BCUT2D eigenvalue weighted by molar-refractivity contribution is 6.30. The van der Waals surface area contributed by atoms with Crippen LogP contribution in [0.1, 0.15) is 22.7 Å². The zero-order valence-electron chi connectivity index (χ0n) is 10.5. The number of rotatable bonds is 5. The number of carbonyl (C=O) groups is 1. The molecule has 5 nitrogen and oxygen atoms in total. The molecule has 0 saturated carbocycles. The van der Waals surface area contributed by atoms with Crippen molar-refractivity contribution in [1.82, 2.24) is 15.5 Å². The van der Waals surface area contributed by atoms with Gasteiger partial charge in [-0.2, -0.15) is 4.98 Å². The summed E-state index contributed by atoms with van der Waals surface area (Å²) in [7, 11) is 0. The number of hydrogen-bond acceptors (Lipinski definition) is 4. The summed E-state index contributed by atoms with van der Waals surface area (Å²) in [6.45, 7) is 2.16. The second-order valence-corrected chi connectivity index (χ2v) is 4.49. The molecule has 1 amide bonds. The van der Waals surface area contributed by atoms with Crippen molar-refractivity contribution in [2.24, 2.45) is 0 Å². The molecule has 0 aliphatic heterocycles. The van der Waals surface area contributed by atoms with Crippen LogP contribution in [0.15, 0.2) is 34.9 Å². The highest BCUT2D eigenvalue weighted by Crippen LogP contribution is 2.19. The van der Waals surface area contributed by atoms with Gasteiger partial charge in [0.25, 0.3) is 0 Å². The topological polar surface area (TPSA) is 68.0 Å². The van der Waals surface area contributed by atoms with E-state index < -0.39 is 5.38 Å². The lowest BCUT2D eigenvalue weighted by molar-refractivity contribution is -0.120. The number of amides is 1. The molecule has 6 heteroatoms. The third-order valence-electron chi connectivity index (χ3n) is 2.53. The van der Waals surface area contributed by atoms with E-state index in [1.807, 2.05) is 30.3 Å². The Balaban J connectivity index is 1.81. The Kier molecular flexibility index (Phi) is 4.52. The predicted molar refractivity (Wildman–Crippen MR) is 70.8 cm³/mol. The van der Waals surface area contributed by atoms with Crippen molar-refractivity contribution in [3.63, 3.8) is 0 Å². The van der Waals surface area contributed by atoms with Gasteiger partial charge in [0, 0.05) is 13.0 Å². The van der Waals surface area contributed by atoms with E-state index in [1.54, 1.807) is 6.92 Å². The van der Waals surface area contributed by atoms with Gasteiger partial charge in [0.15, 0.2) is 5.82 Å². The van der Waals surface area contributed by atoms with Crippen LogP contribution in [-0.2, 0) is 11.2 Å². The van der Waals surface area contributed by atoms with Gasteiger partial charge in [-0.1, -0.05) is 35.5 Å². The van der Waals surface area contributed by atoms with Crippen molar-refractivity contribution in [1.29, 1.82) is 0 Å². The number of alkyl halides is 1. The first-order chi connectivity index (χ1) is 9.16. The van der Waals surface area contributed by atoms with E-state index in [9.17, 15) is 4.79 Å². The summed E-state index contributed by atoms with van der Waals surface area (Å²) in [5.74, 6) is 0.855. The normalized spacial score (nSPS) is 12.1. The molecule has 1 aromatic carbocycles. The SMILES string of the molecule is Cc1noc(CCNC(=O)C(Cl)c2ccccc2)n1. The minimum absolute atomic E-state index is 0.232. The van der Waals surface area contributed by atoms with Gasteiger partial charge in [0.05, 0.1) is 0 Å². The highest BCUT2D eigenvalue weighted by Gasteiger charge is 2.16. The van der Waals surface area contributed by atoms with Crippen LogP contribution in [0, 0.1) is 6.92 Å². The number of aryl methyl sites for hydroxylation is 1. The first-order valence-corrected chi connectivity index (χ1v) is 6.36. The monoisotopic (exact) mass is 279 g/mol. The van der Waals surface area contributed by atoms with Crippen LogP contribution < -0.4 is 5.32 Å². The average Bonchev–Trinajstić information content (AvgIpc) is 2.84. The Bertz CT molecular complexity index is 542. The maximum absolute atomic E-state index is 11.8. The van der Waals surface area contributed by atoms with E-state index in [-0.39, 0.29) is 5.91 Å². The molecule has 0 fully saturated rings. The Hall–Kier alpha value is -1.88. The molecule has 1 N–H and O–H groups in total. The van der Waals surface area contributed by atoms with Crippen LogP contribution in [0.3, 0.4) is 0 Å². The van der Waals surface area contributed by atoms with Gasteiger partial charge in [0.1, 0.15) is 5.38 Å². The number of benzene rings is 1. The molecular formula is C13H14ClN3O2. The fraction of sp³-hybridized carbons (Fsp3) is 0.308. The van der Waals surface area contributed by atoms with E-state index in [0.717, 1.165) is 5.56 Å². The zero-order valence-corrected chi connectivity index (χ0v) is 11.2. The molecule has 0 radical (unpaired) electrons. The summed E-state index contributed by atoms with van der Waals surface area (Å²) in [5.41, 5.74) is 0.773. The molecule has 1 aromatic heterocycles. The molecule has 0 bridgehead atoms. The van der Waals surface area contributed by atoms with Crippen LogP contribution in [0.5, 0.6) is 0 Å². The van der Waals surface area contributed by atoms with E-state index >= 15 is 0 Å². The van der Waals surface area contributed by atoms with E-state index in [0.29, 0.717) is 24.7 Å². The minimum atomic E-state index is -0.689. The summed E-state index contributed by atoms with van der Waals surface area (Å²) < 4.78 is 4.95. The molecule has 19 heavy (non-hydrogen) atoms. The fourth-order valence-corrected chi connectivity index (χ4v) is 1.82. The lowest BCUT2D eigenvalue weighted by Crippen LogP contribution is -2.28. The Morgan fingerprint density at radius 1 is 1.42 bits per heavy atom. The Morgan fingerprint density at radius 2 is 2.16 bits per heavy atom. The molecule has 2 aromatic rings. The molecular weight excluding hydrogens is 266 g/mol. The van der Waals surface area contributed by atoms with Gasteiger partial charge in [0.2, 0.25) is 11.8 Å². The molecule has 1 atom stereocenters. The summed E-state index contributed by atoms with van der Waals surface area (Å²) in [4.78, 5) is 15.9. The number of halogens is 1. The van der Waals surface area contributed by atoms with Crippen molar-refractivity contribution >= 4 is 17.5 Å². The van der Waals surface area contributed by atoms with Crippen molar-refractivity contribution in [3.8, 4) is 0 Å². The summed E-state index contributed by atoms with van der Waals surface area (Å²) in [5, 5.41) is 5.72. The summed E-state index contributed by atoms with van der Waals surface area (Å²) >= 11 is 6.08. The fourth-order valence-electron chi connectivity index (χ4n) is 1.60. The molecule has 100 valence electrons. The van der Waals surface area contributed by atoms with Crippen LogP contribution in [0.2, 0.25) is 0 Å². The number of nitrogens with zero attached hydrogens (tertiary/aromatic N) is 2. The molecule has 0 saturated heterocycles. The second kappa shape index (κ2) is 6.33. The Labute approximate surface area is 116 Å². The standard InChI is InChI=1S/C13H14ClN3O2/c1-9-16-11(19-17-9)7-8-15-13(18)12(14)10-5-3-2-4-6-10/h2-6,12H,7-8H2,1H3,(H,15,18). The van der Waals surface area contributed by atoms with Gasteiger partial charge in [-0.3, -0.25) is 4.79 Å². The minimum Gasteiger partial charge on any atom is -0.354 e. The van der Waals surface area contributed by atoms with Gasteiger partial charge in [-0.25, -0.2) is 0 Å². The van der Waals surface area contributed by atoms with Crippen molar-refractivity contribution < 1.29 is 9.32 Å². The maximum Gasteiger partial charge on any atom is 0.242 e. The number of carbonyl (C=O) groups excluding carboxylic acids is 1. The Morgan fingerprint density at radius 3 is 2.79 bits per heavy atom. The third kappa shape index (κ3) is 3.79. The van der Waals surface area contributed by atoms with E-state index in [4.69, 9.17) is 16.1 Å². The molecule has 1 unspecified atom stereocenters. The molecule has 0 aliphatic carbocycles. The smallest absolute Gasteiger partial charge is 0.242 e. The van der Waals surface area contributed by atoms with Gasteiger partial charge in [-0.05, 0) is 12.5 Å². The number of nitrogens with one attached hydrogen (secondary N) is 1. The van der Waals surface area contributed by atoms with Crippen LogP contribution in [0.25, 0.3) is 0 Å². The number of aromatic nitrogens is 2. The number of hydrogen-bond donors (Lipinski definition) is 1. The highest BCUT2D eigenvalue weighted by atomic mass is 35.5. The van der Waals surface area contributed by atoms with Gasteiger partial charge >= 0.3 is 0 Å². The summed E-state index contributed by atoms with van der Waals surface area (Å²) in [6, 6.07) is 9.21. The quantitative estimate of drug-likeness (QED) is 0.850. The van der Waals surface area contributed by atoms with Crippen molar-refractivity contribution in [3.05, 3.63) is 47.6 Å². The third-order valence-corrected chi connectivity index (χ3v) is 2.98. The molecule has 0 aliphatic rings. The first-order valence-electron chi connectivity index (χ1n) is 5.93. The van der Waals surface area contributed by atoms with Crippen molar-refractivity contribution in [2.75, 3.05) is 6.54 Å². The van der Waals surface area contributed by atoms with E-state index in [2.05, 4.69) is 15.5 Å². The molecule has 0 spiro atoms. The van der Waals surface area contributed by atoms with Crippen LogP contribution in [-0.4, -0.2) is 22.6 Å². The van der Waals surface area contributed by atoms with Crippen LogP contribution >= 0.6 is 11.6 Å². The zero-order chi connectivity index (χ0) is 13.7. The lowest BCUT2D eigenvalue weighted by atomic mass is 10.1. The van der Waals surface area contributed by atoms with Crippen LogP contribution in [0.4, 0.5) is 0 Å². The van der Waals surface area contributed by atoms with Gasteiger partial charge in [-0.15, -0.1) is 11.6 Å². The largest absolute Gasteiger partial charge is 0.354 e. The lowest BCUT2D eigenvalue weighted by Gasteiger charge is -2.09. The van der Waals surface area contributed by atoms with Crippen molar-refractivity contribution in [2.45, 2.75) is 18.7 Å². The van der Waals surface area contributed by atoms with E-state index in [1.165, 1.54) is 0 Å². The average molecular weight is 280 g/mol.